The van der Waals surface area contributed by atoms with Crippen LogP contribution in [0.2, 0.25) is 0 Å². The van der Waals surface area contributed by atoms with Gasteiger partial charge < -0.3 is 10.1 Å². The lowest BCUT2D eigenvalue weighted by Crippen LogP contribution is -2.18. The van der Waals surface area contributed by atoms with Crippen LogP contribution in [0.3, 0.4) is 0 Å². The van der Waals surface area contributed by atoms with Crippen LogP contribution in [-0.2, 0) is 6.18 Å². The molecular weight excluding hydrogens is 195 g/mol. The normalized spacial score (nSPS) is 13.0. The first-order chi connectivity index (χ1) is 6.45. The maximum absolute atomic E-state index is 12.1. The maximum Gasteiger partial charge on any atom is 0.416 e. The molecule has 14 heavy (non-hydrogen) atoms. The molecule has 1 aromatic carbocycles. The number of aliphatic imine (C=N–C) groups is 1. The zero-order valence-electron chi connectivity index (χ0n) is 7.30. The standard InChI is InChI=1S/C9H8F3NO/c1-13-8(14)6-2-4-7(5-3-6)9(10,11)12/h2-5H,1H3,(H,13,14)/p-1. The SMILES string of the molecule is CN=C([O-])c1ccc(C(F)(F)F)cc1. The fourth-order valence-electron chi connectivity index (χ4n) is 0.931. The number of hydrogen-bond acceptors (Lipinski definition) is 2. The predicted octanol–water partition coefficient (Wildman–Crippen LogP) is 1.44. The molecule has 0 aliphatic carbocycles. The zero-order valence-corrected chi connectivity index (χ0v) is 7.30. The van der Waals surface area contributed by atoms with E-state index in [0.29, 0.717) is 0 Å². The van der Waals surface area contributed by atoms with Gasteiger partial charge in [0, 0.05) is 7.05 Å². The van der Waals surface area contributed by atoms with Crippen LogP contribution in [-0.4, -0.2) is 12.9 Å². The lowest BCUT2D eigenvalue weighted by atomic mass is 10.1. The fraction of sp³-hybridized carbons (Fsp3) is 0.222. The van der Waals surface area contributed by atoms with Gasteiger partial charge in [-0.25, -0.2) is 0 Å². The highest BCUT2D eigenvalue weighted by atomic mass is 19.4. The third kappa shape index (κ3) is 2.25. The molecule has 0 atom stereocenters. The van der Waals surface area contributed by atoms with E-state index < -0.39 is 17.6 Å². The van der Waals surface area contributed by atoms with Gasteiger partial charge in [0.2, 0.25) is 0 Å². The molecule has 0 bridgehead atoms. The van der Waals surface area contributed by atoms with Gasteiger partial charge >= 0.3 is 6.18 Å². The van der Waals surface area contributed by atoms with Gasteiger partial charge in [0.1, 0.15) is 0 Å². The van der Waals surface area contributed by atoms with Crippen molar-refractivity contribution in [3.05, 3.63) is 35.4 Å². The Morgan fingerprint density at radius 2 is 1.71 bits per heavy atom. The molecule has 0 fully saturated rings. The highest BCUT2D eigenvalue weighted by molar-refractivity contribution is 5.90. The minimum Gasteiger partial charge on any atom is -0.859 e. The van der Waals surface area contributed by atoms with Crippen molar-refractivity contribution in [2.45, 2.75) is 6.18 Å². The van der Waals surface area contributed by atoms with Gasteiger partial charge in [-0.2, -0.15) is 13.2 Å². The van der Waals surface area contributed by atoms with E-state index in [9.17, 15) is 18.3 Å². The monoisotopic (exact) mass is 202 g/mol. The molecule has 0 amide bonds. The number of rotatable bonds is 1. The smallest absolute Gasteiger partial charge is 0.416 e. The van der Waals surface area contributed by atoms with E-state index in [2.05, 4.69) is 4.99 Å². The second-order valence-corrected chi connectivity index (χ2v) is 2.60. The highest BCUT2D eigenvalue weighted by Crippen LogP contribution is 2.28. The van der Waals surface area contributed by atoms with Gasteiger partial charge in [0.25, 0.3) is 0 Å². The molecule has 0 aliphatic heterocycles. The molecule has 0 N–H and O–H groups in total. The number of benzene rings is 1. The van der Waals surface area contributed by atoms with Crippen LogP contribution in [0.15, 0.2) is 29.3 Å². The van der Waals surface area contributed by atoms with Crippen LogP contribution in [0.5, 0.6) is 0 Å². The largest absolute Gasteiger partial charge is 0.859 e. The first kappa shape index (κ1) is 10.6. The van der Waals surface area contributed by atoms with Gasteiger partial charge in [-0.1, -0.05) is 12.1 Å². The molecule has 0 heterocycles. The Morgan fingerprint density at radius 3 is 2.07 bits per heavy atom. The van der Waals surface area contributed by atoms with E-state index in [-0.39, 0.29) is 5.56 Å². The summed E-state index contributed by atoms with van der Waals surface area (Å²) < 4.78 is 36.3. The molecule has 0 aliphatic rings. The zero-order chi connectivity index (χ0) is 10.8. The quantitative estimate of drug-likeness (QED) is 0.501. The Bertz CT molecular complexity index is 340. The molecule has 5 heteroatoms. The van der Waals surface area contributed by atoms with Crippen molar-refractivity contribution in [3.8, 4) is 0 Å². The Balaban J connectivity index is 3.01. The number of nitrogens with zero attached hydrogens (tertiary/aromatic N) is 1. The Hall–Kier alpha value is -1.52. The summed E-state index contributed by atoms with van der Waals surface area (Å²) in [5.41, 5.74) is -0.620. The molecule has 0 spiro atoms. The van der Waals surface area contributed by atoms with Crippen molar-refractivity contribution in [1.82, 2.24) is 0 Å². The van der Waals surface area contributed by atoms with Crippen LogP contribution in [0.25, 0.3) is 0 Å². The van der Waals surface area contributed by atoms with Crippen molar-refractivity contribution in [2.75, 3.05) is 7.05 Å². The molecule has 76 valence electrons. The van der Waals surface area contributed by atoms with Crippen LogP contribution >= 0.6 is 0 Å². The number of alkyl halides is 3. The summed E-state index contributed by atoms with van der Waals surface area (Å²) in [4.78, 5) is 3.33. The van der Waals surface area contributed by atoms with Crippen molar-refractivity contribution < 1.29 is 18.3 Å². The van der Waals surface area contributed by atoms with E-state index >= 15 is 0 Å². The van der Waals surface area contributed by atoms with E-state index in [1.165, 1.54) is 7.05 Å². The van der Waals surface area contributed by atoms with Gasteiger partial charge in [0.15, 0.2) is 0 Å². The first-order valence-electron chi connectivity index (χ1n) is 3.76. The summed E-state index contributed by atoms with van der Waals surface area (Å²) in [5, 5.41) is 10.9. The molecule has 0 saturated carbocycles. The summed E-state index contributed by atoms with van der Waals surface area (Å²) in [5.74, 6) is -0.529. The Morgan fingerprint density at radius 1 is 1.21 bits per heavy atom. The lowest BCUT2D eigenvalue weighted by molar-refractivity contribution is -0.213. The summed E-state index contributed by atoms with van der Waals surface area (Å²) in [7, 11) is 1.29. The van der Waals surface area contributed by atoms with Crippen molar-refractivity contribution >= 4 is 5.90 Å². The van der Waals surface area contributed by atoms with Crippen LogP contribution in [0.4, 0.5) is 13.2 Å². The molecule has 0 saturated heterocycles. The average Bonchev–Trinajstić information content (AvgIpc) is 2.15. The molecule has 0 unspecified atom stereocenters. The minimum absolute atomic E-state index is 0.153. The van der Waals surface area contributed by atoms with Crippen molar-refractivity contribution in [1.29, 1.82) is 0 Å². The second kappa shape index (κ2) is 3.69. The van der Waals surface area contributed by atoms with Crippen LogP contribution in [0.1, 0.15) is 11.1 Å². The molecule has 0 aromatic heterocycles. The van der Waals surface area contributed by atoms with Crippen LogP contribution < -0.4 is 5.11 Å². The molecule has 1 rings (SSSR count). The highest BCUT2D eigenvalue weighted by Gasteiger charge is 2.29. The number of hydrogen-bond donors (Lipinski definition) is 0. The van der Waals surface area contributed by atoms with E-state index in [0.717, 1.165) is 24.3 Å². The van der Waals surface area contributed by atoms with Gasteiger partial charge in [-0.15, -0.1) is 0 Å². The molecule has 2 nitrogen and oxygen atoms in total. The molecule has 0 radical (unpaired) electrons. The van der Waals surface area contributed by atoms with E-state index in [4.69, 9.17) is 0 Å². The number of halogens is 3. The fourth-order valence-corrected chi connectivity index (χ4v) is 0.931. The summed E-state index contributed by atoms with van der Waals surface area (Å²) in [6.45, 7) is 0. The summed E-state index contributed by atoms with van der Waals surface area (Å²) in [6, 6.07) is 3.94. The Labute approximate surface area is 78.7 Å². The lowest BCUT2D eigenvalue weighted by Gasteiger charge is -2.11. The molecule has 1 aromatic rings. The second-order valence-electron chi connectivity index (χ2n) is 2.60. The first-order valence-corrected chi connectivity index (χ1v) is 3.76. The molecular formula is C9H7F3NO-. The predicted molar refractivity (Wildman–Crippen MR) is 43.9 cm³/mol. The minimum atomic E-state index is -4.37. The third-order valence-electron chi connectivity index (χ3n) is 1.66. The maximum atomic E-state index is 12.1. The van der Waals surface area contributed by atoms with Gasteiger partial charge in [0.05, 0.1) is 5.56 Å². The van der Waals surface area contributed by atoms with E-state index in [1.807, 2.05) is 0 Å². The van der Waals surface area contributed by atoms with Gasteiger partial charge in [-0.05, 0) is 23.6 Å². The topological polar surface area (TPSA) is 35.4 Å². The summed E-state index contributed by atoms with van der Waals surface area (Å²) in [6.07, 6.45) is -4.37. The van der Waals surface area contributed by atoms with Crippen LogP contribution in [0, 0.1) is 0 Å². The van der Waals surface area contributed by atoms with Crippen molar-refractivity contribution in [2.24, 2.45) is 4.99 Å². The average molecular weight is 202 g/mol. The summed E-state index contributed by atoms with van der Waals surface area (Å²) >= 11 is 0. The Kier molecular flexibility index (Phi) is 2.78. The van der Waals surface area contributed by atoms with Gasteiger partial charge in [-0.3, -0.25) is 0 Å². The van der Waals surface area contributed by atoms with Crippen molar-refractivity contribution in [3.63, 3.8) is 0 Å². The third-order valence-corrected chi connectivity index (χ3v) is 1.66. The van der Waals surface area contributed by atoms with E-state index in [1.54, 1.807) is 0 Å².